The van der Waals surface area contributed by atoms with Gasteiger partial charge in [0.25, 0.3) is 0 Å². The summed E-state index contributed by atoms with van der Waals surface area (Å²) in [5.41, 5.74) is 0.417. The molecule has 0 unspecified atom stereocenters. The first-order chi connectivity index (χ1) is 10.3. The van der Waals surface area contributed by atoms with Gasteiger partial charge in [-0.05, 0) is 45.4 Å². The van der Waals surface area contributed by atoms with Crippen LogP contribution in [0.1, 0.15) is 26.3 Å². The smallest absolute Gasteiger partial charge is 0.353 e. The largest absolute Gasteiger partial charge is 0.360 e. The molecule has 2 heterocycles. The topological polar surface area (TPSA) is 106 Å². The second-order valence-corrected chi connectivity index (χ2v) is 5.90. The van der Waals surface area contributed by atoms with E-state index < -0.39 is 4.92 Å². The van der Waals surface area contributed by atoms with Gasteiger partial charge in [-0.1, -0.05) is 0 Å². The Labute approximate surface area is 128 Å². The van der Waals surface area contributed by atoms with Gasteiger partial charge in [-0.3, -0.25) is 10.1 Å². The maximum Gasteiger partial charge on any atom is 0.353 e. The number of aromatic nitrogens is 3. The van der Waals surface area contributed by atoms with E-state index in [-0.39, 0.29) is 22.9 Å². The van der Waals surface area contributed by atoms with Crippen LogP contribution in [0.15, 0.2) is 24.7 Å². The van der Waals surface area contributed by atoms with Gasteiger partial charge in [0.15, 0.2) is 0 Å². The molecule has 0 aliphatic heterocycles. The average molecular weight is 302 g/mol. The molecule has 8 nitrogen and oxygen atoms in total. The number of rotatable bonds is 4. The van der Waals surface area contributed by atoms with Gasteiger partial charge in [0.05, 0.1) is 4.92 Å². The highest BCUT2D eigenvalue weighted by Crippen LogP contribution is 2.32. The Morgan fingerprint density at radius 3 is 2.45 bits per heavy atom. The summed E-state index contributed by atoms with van der Waals surface area (Å²) in [7, 11) is 0. The minimum Gasteiger partial charge on any atom is -0.360 e. The highest BCUT2D eigenvalue weighted by molar-refractivity contribution is 5.73. The average Bonchev–Trinajstić information content (AvgIpc) is 2.36. The Morgan fingerprint density at radius 2 is 1.86 bits per heavy atom. The summed E-state index contributed by atoms with van der Waals surface area (Å²) in [5.74, 6) is 0.760. The SMILES string of the molecule is Cc1ccnc(Nc2ncnc(NC(C)(C)C)c2[N+](=O)[O-])c1. The third kappa shape index (κ3) is 3.87. The lowest BCUT2D eigenvalue weighted by Crippen LogP contribution is -2.27. The molecule has 0 spiro atoms. The fraction of sp³-hybridized carbons (Fsp3) is 0.357. The first-order valence-corrected chi connectivity index (χ1v) is 6.73. The number of nitrogens with zero attached hydrogens (tertiary/aromatic N) is 4. The second kappa shape index (κ2) is 5.92. The number of hydrogen-bond acceptors (Lipinski definition) is 7. The number of nitro groups is 1. The maximum atomic E-state index is 11.4. The summed E-state index contributed by atoms with van der Waals surface area (Å²) in [6, 6.07) is 3.62. The van der Waals surface area contributed by atoms with E-state index in [2.05, 4.69) is 25.6 Å². The van der Waals surface area contributed by atoms with Crippen LogP contribution in [0.3, 0.4) is 0 Å². The van der Waals surface area contributed by atoms with E-state index in [9.17, 15) is 10.1 Å². The Hall–Kier alpha value is -2.77. The number of pyridine rings is 1. The minimum absolute atomic E-state index is 0.102. The quantitative estimate of drug-likeness (QED) is 0.660. The van der Waals surface area contributed by atoms with Crippen molar-refractivity contribution < 1.29 is 4.92 Å². The van der Waals surface area contributed by atoms with Crippen LogP contribution in [0.5, 0.6) is 0 Å². The van der Waals surface area contributed by atoms with E-state index in [1.54, 1.807) is 12.3 Å². The Bertz CT molecular complexity index is 696. The molecule has 0 aromatic carbocycles. The van der Waals surface area contributed by atoms with E-state index >= 15 is 0 Å². The molecule has 0 aliphatic carbocycles. The van der Waals surface area contributed by atoms with Crippen LogP contribution < -0.4 is 10.6 Å². The third-order valence-electron chi connectivity index (χ3n) is 2.66. The lowest BCUT2D eigenvalue weighted by Gasteiger charge is -2.21. The lowest BCUT2D eigenvalue weighted by atomic mass is 10.1. The highest BCUT2D eigenvalue weighted by Gasteiger charge is 2.26. The van der Waals surface area contributed by atoms with E-state index in [1.165, 1.54) is 6.33 Å². The predicted molar refractivity (Wildman–Crippen MR) is 84.3 cm³/mol. The lowest BCUT2D eigenvalue weighted by molar-refractivity contribution is -0.383. The normalized spacial score (nSPS) is 11.1. The van der Waals surface area contributed by atoms with Crippen LogP contribution >= 0.6 is 0 Å². The van der Waals surface area contributed by atoms with E-state index in [4.69, 9.17) is 0 Å². The first-order valence-electron chi connectivity index (χ1n) is 6.73. The molecular weight excluding hydrogens is 284 g/mol. The third-order valence-corrected chi connectivity index (χ3v) is 2.66. The molecule has 0 amide bonds. The molecule has 0 saturated carbocycles. The molecule has 0 bridgehead atoms. The molecule has 116 valence electrons. The molecule has 22 heavy (non-hydrogen) atoms. The summed E-state index contributed by atoms with van der Waals surface area (Å²) in [4.78, 5) is 23.0. The highest BCUT2D eigenvalue weighted by atomic mass is 16.6. The molecule has 0 radical (unpaired) electrons. The Kier molecular flexibility index (Phi) is 4.20. The van der Waals surface area contributed by atoms with Crippen molar-refractivity contribution in [2.75, 3.05) is 10.6 Å². The van der Waals surface area contributed by atoms with Gasteiger partial charge in [-0.2, -0.15) is 0 Å². The molecular formula is C14H18N6O2. The Balaban J connectivity index is 2.43. The van der Waals surface area contributed by atoms with Crippen molar-refractivity contribution in [3.05, 3.63) is 40.3 Å². The maximum absolute atomic E-state index is 11.4. The van der Waals surface area contributed by atoms with Crippen LogP contribution in [0.4, 0.5) is 23.1 Å². The van der Waals surface area contributed by atoms with Gasteiger partial charge in [0.2, 0.25) is 11.6 Å². The van der Waals surface area contributed by atoms with Crippen molar-refractivity contribution in [3.8, 4) is 0 Å². The molecule has 0 saturated heterocycles. The molecule has 8 heteroatoms. The van der Waals surface area contributed by atoms with Gasteiger partial charge in [-0.25, -0.2) is 15.0 Å². The van der Waals surface area contributed by atoms with Crippen LogP contribution in [0.25, 0.3) is 0 Å². The summed E-state index contributed by atoms with van der Waals surface area (Å²) < 4.78 is 0. The summed E-state index contributed by atoms with van der Waals surface area (Å²) in [5, 5.41) is 17.3. The molecule has 2 rings (SSSR count). The van der Waals surface area contributed by atoms with Gasteiger partial charge in [-0.15, -0.1) is 0 Å². The summed E-state index contributed by atoms with van der Waals surface area (Å²) in [6.07, 6.45) is 2.90. The number of nitrogens with one attached hydrogen (secondary N) is 2. The molecule has 2 aromatic rings. The van der Waals surface area contributed by atoms with Crippen molar-refractivity contribution in [3.63, 3.8) is 0 Å². The standard InChI is InChI=1S/C14H18N6O2/c1-9-5-6-15-10(7-9)18-12-11(20(21)22)13(17-8-16-12)19-14(2,3)4/h5-8H,1-4H3,(H2,15,16,17,18,19). The van der Waals surface area contributed by atoms with Crippen LogP contribution in [-0.4, -0.2) is 25.4 Å². The van der Waals surface area contributed by atoms with E-state index in [1.807, 2.05) is 33.8 Å². The molecule has 0 atom stereocenters. The van der Waals surface area contributed by atoms with Crippen LogP contribution in [0, 0.1) is 17.0 Å². The molecule has 0 aliphatic rings. The zero-order valence-electron chi connectivity index (χ0n) is 12.9. The van der Waals surface area contributed by atoms with Crippen molar-refractivity contribution in [2.45, 2.75) is 33.2 Å². The fourth-order valence-corrected chi connectivity index (χ4v) is 1.82. The summed E-state index contributed by atoms with van der Waals surface area (Å²) >= 11 is 0. The molecule has 2 N–H and O–H groups in total. The fourth-order valence-electron chi connectivity index (χ4n) is 1.82. The minimum atomic E-state index is -0.508. The number of aryl methyl sites for hydroxylation is 1. The predicted octanol–water partition coefficient (Wildman–Crippen LogP) is 3.04. The Morgan fingerprint density at radius 1 is 1.18 bits per heavy atom. The zero-order chi connectivity index (χ0) is 16.3. The van der Waals surface area contributed by atoms with Crippen LogP contribution in [0.2, 0.25) is 0 Å². The van der Waals surface area contributed by atoms with E-state index in [0.29, 0.717) is 5.82 Å². The van der Waals surface area contributed by atoms with Gasteiger partial charge in [0.1, 0.15) is 12.1 Å². The van der Waals surface area contributed by atoms with E-state index in [0.717, 1.165) is 5.56 Å². The van der Waals surface area contributed by atoms with Gasteiger partial charge < -0.3 is 10.6 Å². The number of hydrogen-bond donors (Lipinski definition) is 2. The van der Waals surface area contributed by atoms with Crippen molar-refractivity contribution in [1.29, 1.82) is 0 Å². The van der Waals surface area contributed by atoms with Crippen molar-refractivity contribution in [2.24, 2.45) is 0 Å². The first kappa shape index (κ1) is 15.6. The van der Waals surface area contributed by atoms with Gasteiger partial charge in [0, 0.05) is 11.7 Å². The van der Waals surface area contributed by atoms with Crippen LogP contribution in [-0.2, 0) is 0 Å². The van der Waals surface area contributed by atoms with Gasteiger partial charge >= 0.3 is 5.69 Å². The molecule has 0 fully saturated rings. The zero-order valence-corrected chi connectivity index (χ0v) is 12.9. The second-order valence-electron chi connectivity index (χ2n) is 5.90. The molecule has 2 aromatic heterocycles. The van der Waals surface area contributed by atoms with Crippen molar-refractivity contribution in [1.82, 2.24) is 15.0 Å². The monoisotopic (exact) mass is 302 g/mol. The number of anilines is 3. The summed E-state index contributed by atoms with van der Waals surface area (Å²) in [6.45, 7) is 7.60. The van der Waals surface area contributed by atoms with Crippen molar-refractivity contribution >= 4 is 23.1 Å².